The van der Waals surface area contributed by atoms with Crippen molar-refractivity contribution in [3.8, 4) is 0 Å². The van der Waals surface area contributed by atoms with E-state index in [1.165, 1.54) is 0 Å². The number of rotatable bonds is 4. The first-order valence-corrected chi connectivity index (χ1v) is 8.37. The van der Waals surface area contributed by atoms with Crippen molar-refractivity contribution < 1.29 is 4.39 Å². The number of nitrogens with two attached hydrogens (primary N) is 1. The molecule has 24 heavy (non-hydrogen) atoms. The third-order valence-electron chi connectivity index (χ3n) is 4.41. The predicted octanol–water partition coefficient (Wildman–Crippen LogP) is 4.74. The van der Waals surface area contributed by atoms with Crippen LogP contribution in [0.1, 0.15) is 29.7 Å². The Morgan fingerprint density at radius 2 is 2.04 bits per heavy atom. The molecule has 2 aromatic rings. The molecule has 2 unspecified atom stereocenters. The van der Waals surface area contributed by atoms with Crippen LogP contribution in [-0.4, -0.2) is 11.2 Å². The van der Waals surface area contributed by atoms with Crippen LogP contribution in [0.2, 0.25) is 5.02 Å². The number of benzene rings is 1. The third kappa shape index (κ3) is 3.58. The standard InChI is InChI=1S/C20H20ClFN2/c1-13-5-7-16(9-14-6-8-18(11-23)24-12-14)20(22)19(13)15-3-2-4-17(21)10-15/h2-8,10,12,19-20H,9,11,23H2,1H3. The minimum absolute atomic E-state index is 0.292. The molecule has 1 aliphatic carbocycles. The number of hydrogen-bond acceptors (Lipinski definition) is 2. The van der Waals surface area contributed by atoms with E-state index in [2.05, 4.69) is 4.98 Å². The molecule has 1 aliphatic rings. The molecule has 124 valence electrons. The number of alkyl halides is 1. The van der Waals surface area contributed by atoms with Crippen molar-refractivity contribution in [2.75, 3.05) is 0 Å². The molecule has 0 fully saturated rings. The van der Waals surface area contributed by atoms with Gasteiger partial charge in [0.2, 0.25) is 0 Å². The van der Waals surface area contributed by atoms with Crippen molar-refractivity contribution in [1.82, 2.24) is 4.98 Å². The van der Waals surface area contributed by atoms with Crippen LogP contribution in [0.5, 0.6) is 0 Å². The van der Waals surface area contributed by atoms with Gasteiger partial charge < -0.3 is 5.73 Å². The lowest BCUT2D eigenvalue weighted by Gasteiger charge is -2.28. The van der Waals surface area contributed by atoms with E-state index in [9.17, 15) is 0 Å². The van der Waals surface area contributed by atoms with E-state index in [-0.39, 0.29) is 5.92 Å². The van der Waals surface area contributed by atoms with Gasteiger partial charge in [0.1, 0.15) is 6.17 Å². The largest absolute Gasteiger partial charge is 0.325 e. The van der Waals surface area contributed by atoms with Crippen LogP contribution in [0.3, 0.4) is 0 Å². The molecule has 3 rings (SSSR count). The molecule has 0 aliphatic heterocycles. The van der Waals surface area contributed by atoms with Crippen molar-refractivity contribution in [3.63, 3.8) is 0 Å². The van der Waals surface area contributed by atoms with Crippen LogP contribution in [0.25, 0.3) is 0 Å². The highest BCUT2D eigenvalue weighted by atomic mass is 35.5. The van der Waals surface area contributed by atoms with E-state index in [1.807, 2.05) is 55.5 Å². The van der Waals surface area contributed by atoms with Gasteiger partial charge in [-0.25, -0.2) is 4.39 Å². The highest BCUT2D eigenvalue weighted by Gasteiger charge is 2.30. The molecule has 0 bridgehead atoms. The van der Waals surface area contributed by atoms with Crippen LogP contribution in [0.15, 0.2) is 65.9 Å². The van der Waals surface area contributed by atoms with Crippen LogP contribution in [-0.2, 0) is 13.0 Å². The van der Waals surface area contributed by atoms with Gasteiger partial charge in [-0.05, 0) is 48.2 Å². The molecule has 2 N–H and O–H groups in total. The second-order valence-corrected chi connectivity index (χ2v) is 6.56. The molecular formula is C20H20ClFN2. The fourth-order valence-electron chi connectivity index (χ4n) is 3.08. The van der Waals surface area contributed by atoms with E-state index < -0.39 is 6.17 Å². The number of allylic oxidation sites excluding steroid dienone is 4. The summed E-state index contributed by atoms with van der Waals surface area (Å²) in [5.41, 5.74) is 10.1. The van der Waals surface area contributed by atoms with E-state index in [0.29, 0.717) is 18.0 Å². The Morgan fingerprint density at radius 1 is 1.21 bits per heavy atom. The quantitative estimate of drug-likeness (QED) is 0.871. The van der Waals surface area contributed by atoms with Gasteiger partial charge in [0.15, 0.2) is 0 Å². The third-order valence-corrected chi connectivity index (χ3v) is 4.64. The number of aromatic nitrogens is 1. The maximum absolute atomic E-state index is 15.2. The SMILES string of the molecule is CC1=CC=C(Cc2ccc(CN)nc2)C(F)C1c1cccc(Cl)c1. The number of halogens is 2. The molecule has 2 nitrogen and oxygen atoms in total. The lowest BCUT2D eigenvalue weighted by molar-refractivity contribution is 0.337. The molecule has 0 saturated carbocycles. The Bertz CT molecular complexity index is 780. The van der Waals surface area contributed by atoms with Crippen molar-refractivity contribution in [2.24, 2.45) is 5.73 Å². The smallest absolute Gasteiger partial charge is 0.132 e. The van der Waals surface area contributed by atoms with Crippen LogP contribution in [0.4, 0.5) is 4.39 Å². The molecular weight excluding hydrogens is 323 g/mol. The van der Waals surface area contributed by atoms with Crippen molar-refractivity contribution in [1.29, 1.82) is 0 Å². The van der Waals surface area contributed by atoms with Crippen molar-refractivity contribution >= 4 is 11.6 Å². The van der Waals surface area contributed by atoms with Crippen LogP contribution in [0, 0.1) is 0 Å². The Labute approximate surface area is 146 Å². The first-order valence-electron chi connectivity index (χ1n) is 7.99. The molecule has 1 aromatic carbocycles. The van der Waals surface area contributed by atoms with Gasteiger partial charge in [-0.2, -0.15) is 0 Å². The molecule has 0 radical (unpaired) electrons. The average Bonchev–Trinajstić information content (AvgIpc) is 2.58. The zero-order valence-electron chi connectivity index (χ0n) is 13.5. The van der Waals surface area contributed by atoms with E-state index in [0.717, 1.165) is 28.0 Å². The van der Waals surface area contributed by atoms with Gasteiger partial charge >= 0.3 is 0 Å². The first-order chi connectivity index (χ1) is 11.6. The van der Waals surface area contributed by atoms with Crippen molar-refractivity contribution in [3.05, 3.63) is 87.7 Å². The van der Waals surface area contributed by atoms with E-state index in [1.54, 1.807) is 6.20 Å². The van der Waals surface area contributed by atoms with Gasteiger partial charge in [-0.15, -0.1) is 0 Å². The first kappa shape index (κ1) is 16.9. The summed E-state index contributed by atoms with van der Waals surface area (Å²) < 4.78 is 15.2. The average molecular weight is 343 g/mol. The lowest BCUT2D eigenvalue weighted by atomic mass is 9.80. The van der Waals surface area contributed by atoms with Gasteiger partial charge in [0, 0.05) is 23.7 Å². The Hall–Kier alpha value is -1.97. The van der Waals surface area contributed by atoms with Crippen LogP contribution >= 0.6 is 11.6 Å². The molecule has 2 atom stereocenters. The highest BCUT2D eigenvalue weighted by molar-refractivity contribution is 6.30. The van der Waals surface area contributed by atoms with Gasteiger partial charge in [0.25, 0.3) is 0 Å². The second-order valence-electron chi connectivity index (χ2n) is 6.13. The minimum Gasteiger partial charge on any atom is -0.325 e. The molecule has 4 heteroatoms. The summed E-state index contributed by atoms with van der Waals surface area (Å²) in [6, 6.07) is 11.3. The second kappa shape index (κ2) is 7.29. The van der Waals surface area contributed by atoms with Gasteiger partial charge in [-0.3, -0.25) is 4.98 Å². The summed E-state index contributed by atoms with van der Waals surface area (Å²) in [6.07, 6.45) is 5.13. The maximum atomic E-state index is 15.2. The van der Waals surface area contributed by atoms with E-state index in [4.69, 9.17) is 17.3 Å². The molecule has 0 saturated heterocycles. The van der Waals surface area contributed by atoms with Crippen LogP contribution < -0.4 is 5.73 Å². The maximum Gasteiger partial charge on any atom is 0.132 e. The summed E-state index contributed by atoms with van der Waals surface area (Å²) in [5.74, 6) is -0.292. The fraction of sp³-hybridized carbons (Fsp3) is 0.250. The van der Waals surface area contributed by atoms with Crippen molar-refractivity contribution in [2.45, 2.75) is 32.0 Å². The summed E-state index contributed by atoms with van der Waals surface area (Å²) in [7, 11) is 0. The Kier molecular flexibility index (Phi) is 5.12. The highest BCUT2D eigenvalue weighted by Crippen LogP contribution is 2.38. The summed E-state index contributed by atoms with van der Waals surface area (Å²) >= 11 is 6.08. The number of hydrogen-bond donors (Lipinski definition) is 1. The number of nitrogens with zero attached hydrogens (tertiary/aromatic N) is 1. The monoisotopic (exact) mass is 342 g/mol. The summed E-state index contributed by atoms with van der Waals surface area (Å²) in [5, 5.41) is 0.630. The topological polar surface area (TPSA) is 38.9 Å². The van der Waals surface area contributed by atoms with Gasteiger partial charge in [0.05, 0.1) is 5.69 Å². The zero-order chi connectivity index (χ0) is 17.1. The molecule has 1 heterocycles. The molecule has 0 spiro atoms. The molecule has 0 amide bonds. The number of pyridine rings is 1. The summed E-state index contributed by atoms with van der Waals surface area (Å²) in [6.45, 7) is 2.37. The fourth-order valence-corrected chi connectivity index (χ4v) is 3.28. The minimum atomic E-state index is -1.07. The van der Waals surface area contributed by atoms with Gasteiger partial charge in [-0.1, -0.05) is 47.5 Å². The van der Waals surface area contributed by atoms with E-state index >= 15 is 4.39 Å². The predicted molar refractivity (Wildman–Crippen MR) is 96.8 cm³/mol. The summed E-state index contributed by atoms with van der Waals surface area (Å²) in [4.78, 5) is 4.28. The zero-order valence-corrected chi connectivity index (χ0v) is 14.3. The lowest BCUT2D eigenvalue weighted by Crippen LogP contribution is -2.22. The Morgan fingerprint density at radius 3 is 2.71 bits per heavy atom. The molecule has 1 aromatic heterocycles. The normalized spacial score (nSPS) is 20.5. The Balaban J connectivity index is 1.84.